The van der Waals surface area contributed by atoms with Crippen molar-refractivity contribution in [3.05, 3.63) is 87.0 Å². The maximum absolute atomic E-state index is 12.9. The van der Waals surface area contributed by atoms with Gasteiger partial charge in [-0.05, 0) is 60.2 Å². The molecular formula is C23H20ClN3O2S. The molecule has 4 rings (SSSR count). The second-order valence-electron chi connectivity index (χ2n) is 6.98. The van der Waals surface area contributed by atoms with E-state index in [1.807, 2.05) is 24.3 Å². The zero-order valence-electron chi connectivity index (χ0n) is 16.2. The quantitative estimate of drug-likeness (QED) is 0.540. The molecule has 3 aromatic rings. The standard InChI is InChI=1S/C23H20ClN3O2S/c24-17-9-6-15(7-10-17)8-11-20(28)27-23-21(18-4-1-5-19(18)30-23)22(29)26-14-16-3-2-12-25-13-16/h2-3,6-13H,1,4-5,14H2,(H,26,29)(H,27,28)/b11-8+. The highest BCUT2D eigenvalue weighted by Crippen LogP contribution is 2.39. The number of aromatic nitrogens is 1. The highest BCUT2D eigenvalue weighted by molar-refractivity contribution is 7.17. The smallest absolute Gasteiger partial charge is 0.254 e. The SMILES string of the molecule is O=C(/C=C/c1ccc(Cl)cc1)Nc1sc2c(c1C(=O)NCc1cccnc1)CCC2. The summed E-state index contributed by atoms with van der Waals surface area (Å²) in [6, 6.07) is 11.0. The van der Waals surface area contributed by atoms with E-state index in [-0.39, 0.29) is 11.8 Å². The molecule has 2 amide bonds. The molecule has 7 heteroatoms. The van der Waals surface area contributed by atoms with Crippen LogP contribution in [0.3, 0.4) is 0 Å². The summed E-state index contributed by atoms with van der Waals surface area (Å²) in [5, 5.41) is 7.10. The summed E-state index contributed by atoms with van der Waals surface area (Å²) < 4.78 is 0. The van der Waals surface area contributed by atoms with Crippen LogP contribution in [0.1, 0.15) is 38.3 Å². The van der Waals surface area contributed by atoms with Crippen molar-refractivity contribution in [3.8, 4) is 0 Å². The van der Waals surface area contributed by atoms with Crippen molar-refractivity contribution in [3.63, 3.8) is 0 Å². The summed E-state index contributed by atoms with van der Waals surface area (Å²) in [5.41, 5.74) is 3.44. The van der Waals surface area contributed by atoms with Crippen LogP contribution >= 0.6 is 22.9 Å². The summed E-state index contributed by atoms with van der Waals surface area (Å²) in [7, 11) is 0. The second kappa shape index (κ2) is 9.24. The van der Waals surface area contributed by atoms with Crippen molar-refractivity contribution in [1.82, 2.24) is 10.3 Å². The van der Waals surface area contributed by atoms with E-state index in [4.69, 9.17) is 11.6 Å². The minimum atomic E-state index is -0.272. The van der Waals surface area contributed by atoms with E-state index in [9.17, 15) is 9.59 Å². The van der Waals surface area contributed by atoms with Crippen molar-refractivity contribution in [1.29, 1.82) is 0 Å². The molecule has 1 aromatic carbocycles. The van der Waals surface area contributed by atoms with Gasteiger partial charge in [-0.1, -0.05) is 29.8 Å². The number of hydrogen-bond acceptors (Lipinski definition) is 4. The molecule has 0 aliphatic heterocycles. The Balaban J connectivity index is 1.48. The van der Waals surface area contributed by atoms with Crippen LogP contribution in [0.15, 0.2) is 54.9 Å². The highest BCUT2D eigenvalue weighted by atomic mass is 35.5. The lowest BCUT2D eigenvalue weighted by Crippen LogP contribution is -2.24. The molecule has 0 radical (unpaired) electrons. The Morgan fingerprint density at radius 3 is 2.77 bits per heavy atom. The van der Waals surface area contributed by atoms with Crippen LogP contribution in [0.2, 0.25) is 5.02 Å². The van der Waals surface area contributed by atoms with Crippen LogP contribution in [-0.4, -0.2) is 16.8 Å². The third-order valence-electron chi connectivity index (χ3n) is 4.86. The molecular weight excluding hydrogens is 418 g/mol. The van der Waals surface area contributed by atoms with Crippen LogP contribution in [0, 0.1) is 0 Å². The number of nitrogens with one attached hydrogen (secondary N) is 2. The Kier molecular flexibility index (Phi) is 6.26. The van der Waals surface area contributed by atoms with Crippen molar-refractivity contribution < 1.29 is 9.59 Å². The van der Waals surface area contributed by atoms with E-state index in [0.29, 0.717) is 22.1 Å². The number of nitrogens with zero attached hydrogens (tertiary/aromatic N) is 1. The summed E-state index contributed by atoms with van der Waals surface area (Å²) in [5.74, 6) is -0.443. The number of halogens is 1. The van der Waals surface area contributed by atoms with E-state index in [2.05, 4.69) is 15.6 Å². The molecule has 152 valence electrons. The third kappa shape index (κ3) is 4.78. The second-order valence-corrected chi connectivity index (χ2v) is 8.52. The summed E-state index contributed by atoms with van der Waals surface area (Å²) in [4.78, 5) is 30.7. The van der Waals surface area contributed by atoms with Gasteiger partial charge < -0.3 is 10.6 Å². The molecule has 30 heavy (non-hydrogen) atoms. The lowest BCUT2D eigenvalue weighted by molar-refractivity contribution is -0.111. The lowest BCUT2D eigenvalue weighted by Gasteiger charge is -2.09. The summed E-state index contributed by atoms with van der Waals surface area (Å²) in [6.45, 7) is 0.390. The van der Waals surface area contributed by atoms with Gasteiger partial charge in [-0.3, -0.25) is 14.6 Å². The number of carbonyl (C=O) groups is 2. The Hall–Kier alpha value is -2.96. The Bertz CT molecular complexity index is 1090. The van der Waals surface area contributed by atoms with Gasteiger partial charge in [0.2, 0.25) is 5.91 Å². The maximum Gasteiger partial charge on any atom is 0.254 e. The molecule has 2 aromatic heterocycles. The molecule has 0 fully saturated rings. The fourth-order valence-electron chi connectivity index (χ4n) is 3.41. The molecule has 0 saturated heterocycles. The van der Waals surface area contributed by atoms with Gasteiger partial charge >= 0.3 is 0 Å². The first kappa shape index (κ1) is 20.3. The van der Waals surface area contributed by atoms with Gasteiger partial charge in [0.15, 0.2) is 0 Å². The van der Waals surface area contributed by atoms with Crippen LogP contribution in [0.25, 0.3) is 6.08 Å². The van der Waals surface area contributed by atoms with Crippen LogP contribution in [0.4, 0.5) is 5.00 Å². The number of rotatable bonds is 6. The third-order valence-corrected chi connectivity index (χ3v) is 6.32. The average Bonchev–Trinajstić information content (AvgIpc) is 3.33. The van der Waals surface area contributed by atoms with Crippen LogP contribution in [0.5, 0.6) is 0 Å². The van der Waals surface area contributed by atoms with Crippen LogP contribution in [-0.2, 0) is 24.2 Å². The number of benzene rings is 1. The Morgan fingerprint density at radius 2 is 2.00 bits per heavy atom. The molecule has 0 saturated carbocycles. The summed E-state index contributed by atoms with van der Waals surface area (Å²) in [6.07, 6.45) is 9.44. The predicted molar refractivity (Wildman–Crippen MR) is 121 cm³/mol. The van der Waals surface area contributed by atoms with Crippen molar-refractivity contribution in [2.45, 2.75) is 25.8 Å². The topological polar surface area (TPSA) is 71.1 Å². The fourth-order valence-corrected chi connectivity index (χ4v) is 4.82. The number of thiophene rings is 1. The average molecular weight is 438 g/mol. The molecule has 5 nitrogen and oxygen atoms in total. The highest BCUT2D eigenvalue weighted by Gasteiger charge is 2.27. The molecule has 2 heterocycles. The zero-order valence-corrected chi connectivity index (χ0v) is 17.7. The van der Waals surface area contributed by atoms with E-state index in [1.54, 1.807) is 30.6 Å². The van der Waals surface area contributed by atoms with E-state index < -0.39 is 0 Å². The predicted octanol–water partition coefficient (Wildman–Crippen LogP) is 4.87. The van der Waals surface area contributed by atoms with Crippen LogP contribution < -0.4 is 10.6 Å². The molecule has 2 N–H and O–H groups in total. The molecule has 1 aliphatic rings. The van der Waals surface area contributed by atoms with Crippen molar-refractivity contribution >= 4 is 45.8 Å². The normalized spacial score (nSPS) is 12.7. The van der Waals surface area contributed by atoms with E-state index in [0.717, 1.165) is 36.0 Å². The van der Waals surface area contributed by atoms with Gasteiger partial charge in [0, 0.05) is 34.9 Å². The largest absolute Gasteiger partial charge is 0.348 e. The minimum absolute atomic E-state index is 0.171. The van der Waals surface area contributed by atoms with E-state index >= 15 is 0 Å². The van der Waals surface area contributed by atoms with Gasteiger partial charge in [0.25, 0.3) is 5.91 Å². The number of fused-ring (bicyclic) bond motifs is 1. The number of aryl methyl sites for hydroxylation is 1. The zero-order chi connectivity index (χ0) is 20.9. The number of carbonyl (C=O) groups excluding carboxylic acids is 2. The molecule has 0 atom stereocenters. The first-order valence-corrected chi connectivity index (χ1v) is 10.9. The summed E-state index contributed by atoms with van der Waals surface area (Å²) >= 11 is 7.38. The van der Waals surface area contributed by atoms with Crippen molar-refractivity contribution in [2.75, 3.05) is 5.32 Å². The maximum atomic E-state index is 12.9. The minimum Gasteiger partial charge on any atom is -0.348 e. The number of amides is 2. The van der Waals surface area contributed by atoms with Gasteiger partial charge in [0.1, 0.15) is 5.00 Å². The first-order valence-electron chi connectivity index (χ1n) is 9.66. The van der Waals surface area contributed by atoms with Gasteiger partial charge in [-0.2, -0.15) is 0 Å². The molecule has 0 bridgehead atoms. The molecule has 0 spiro atoms. The van der Waals surface area contributed by atoms with Crippen molar-refractivity contribution in [2.24, 2.45) is 0 Å². The molecule has 1 aliphatic carbocycles. The van der Waals surface area contributed by atoms with Gasteiger partial charge in [-0.15, -0.1) is 11.3 Å². The Labute approximate surface area is 183 Å². The number of pyridine rings is 1. The van der Waals surface area contributed by atoms with Gasteiger partial charge in [0.05, 0.1) is 5.56 Å². The first-order chi connectivity index (χ1) is 14.6. The fraction of sp³-hybridized carbons (Fsp3) is 0.174. The lowest BCUT2D eigenvalue weighted by atomic mass is 10.1. The van der Waals surface area contributed by atoms with Gasteiger partial charge in [-0.25, -0.2) is 0 Å². The van der Waals surface area contributed by atoms with E-state index in [1.165, 1.54) is 22.3 Å². The monoisotopic (exact) mass is 437 g/mol. The molecule has 0 unspecified atom stereocenters. The number of anilines is 1. The number of hydrogen-bond donors (Lipinski definition) is 2. The Morgan fingerprint density at radius 1 is 1.17 bits per heavy atom.